The monoisotopic (exact) mass is 368 g/mol. The summed E-state index contributed by atoms with van der Waals surface area (Å²) in [4.78, 5) is 16.9. The number of hydrogen-bond donors (Lipinski definition) is 0. The highest BCUT2D eigenvalue weighted by Crippen LogP contribution is 2.24. The average Bonchev–Trinajstić information content (AvgIpc) is 2.57. The quantitative estimate of drug-likeness (QED) is 0.821. The third kappa shape index (κ3) is 4.52. The Morgan fingerprint density at radius 3 is 2.48 bits per heavy atom. The topological polar surface area (TPSA) is 32.8 Å². The molecule has 1 aromatic rings. The summed E-state index contributed by atoms with van der Waals surface area (Å²) < 4.78 is 19.7. The molecule has 2 aliphatic rings. The zero-order valence-corrected chi connectivity index (χ0v) is 15.6. The van der Waals surface area contributed by atoms with Gasteiger partial charge in [-0.3, -0.25) is 9.69 Å². The molecule has 0 bridgehead atoms. The van der Waals surface area contributed by atoms with E-state index in [4.69, 9.17) is 16.3 Å². The summed E-state index contributed by atoms with van der Waals surface area (Å²) in [6.07, 6.45) is 2.45. The summed E-state index contributed by atoms with van der Waals surface area (Å²) >= 11 is 6.04. The van der Waals surface area contributed by atoms with E-state index in [2.05, 4.69) is 18.7 Å². The highest BCUT2D eigenvalue weighted by molar-refractivity contribution is 6.31. The van der Waals surface area contributed by atoms with Gasteiger partial charge >= 0.3 is 0 Å². The first-order valence-corrected chi connectivity index (χ1v) is 9.42. The molecule has 1 aromatic carbocycles. The molecule has 25 heavy (non-hydrogen) atoms. The van der Waals surface area contributed by atoms with E-state index in [9.17, 15) is 9.18 Å². The van der Waals surface area contributed by atoms with Crippen molar-refractivity contribution in [1.29, 1.82) is 0 Å². The molecule has 2 aliphatic heterocycles. The fraction of sp³-hybridized carbons (Fsp3) is 0.632. The van der Waals surface area contributed by atoms with Gasteiger partial charge in [0.15, 0.2) is 0 Å². The number of morpholine rings is 1. The highest BCUT2D eigenvalue weighted by atomic mass is 35.5. The first kappa shape index (κ1) is 18.6. The predicted molar refractivity (Wildman–Crippen MR) is 96.3 cm³/mol. The third-order valence-corrected chi connectivity index (χ3v) is 5.53. The minimum atomic E-state index is -0.410. The van der Waals surface area contributed by atoms with Gasteiger partial charge in [-0.1, -0.05) is 17.7 Å². The second-order valence-electron chi connectivity index (χ2n) is 7.20. The van der Waals surface area contributed by atoms with Gasteiger partial charge in [0, 0.05) is 42.8 Å². The molecule has 2 heterocycles. The third-order valence-electron chi connectivity index (χ3n) is 5.17. The molecular formula is C19H26ClFN2O2. The minimum absolute atomic E-state index is 0.0296. The number of piperidine rings is 1. The van der Waals surface area contributed by atoms with Crippen LogP contribution in [0, 0.1) is 5.82 Å². The van der Waals surface area contributed by atoms with Gasteiger partial charge in [-0.25, -0.2) is 4.39 Å². The van der Waals surface area contributed by atoms with Crippen molar-refractivity contribution in [2.24, 2.45) is 0 Å². The number of benzene rings is 1. The van der Waals surface area contributed by atoms with Crippen LogP contribution < -0.4 is 0 Å². The lowest BCUT2D eigenvalue weighted by Crippen LogP contribution is -2.53. The summed E-state index contributed by atoms with van der Waals surface area (Å²) in [5.41, 5.74) is 0.298. The fourth-order valence-electron chi connectivity index (χ4n) is 3.96. The van der Waals surface area contributed by atoms with E-state index in [0.717, 1.165) is 39.0 Å². The first-order chi connectivity index (χ1) is 11.9. The fourth-order valence-corrected chi connectivity index (χ4v) is 4.19. The maximum Gasteiger partial charge on any atom is 0.227 e. The summed E-state index contributed by atoms with van der Waals surface area (Å²) in [6, 6.07) is 5.03. The van der Waals surface area contributed by atoms with E-state index < -0.39 is 5.82 Å². The van der Waals surface area contributed by atoms with Crippen LogP contribution in [0.1, 0.15) is 32.3 Å². The van der Waals surface area contributed by atoms with Gasteiger partial charge in [-0.05, 0) is 38.8 Å². The molecule has 4 nitrogen and oxygen atoms in total. The Kier molecular flexibility index (Phi) is 5.97. The molecule has 6 heteroatoms. The molecule has 0 aliphatic carbocycles. The lowest BCUT2D eigenvalue weighted by molar-refractivity contribution is -0.133. The van der Waals surface area contributed by atoms with Crippen molar-refractivity contribution in [3.8, 4) is 0 Å². The standard InChI is InChI=1S/C19H26ClFN2O2/c1-13-11-23(12-14(2)25-13)15-6-8-22(9-7-15)19(24)10-16-17(20)4-3-5-18(16)21/h3-5,13-15H,6-12H2,1-2H3/t13-,14+. The summed E-state index contributed by atoms with van der Waals surface area (Å²) in [5, 5.41) is 0.319. The van der Waals surface area contributed by atoms with Gasteiger partial charge in [0.2, 0.25) is 5.91 Å². The molecule has 2 saturated heterocycles. The number of carbonyl (C=O) groups is 1. The number of ether oxygens (including phenoxy) is 1. The Hall–Kier alpha value is -1.17. The Balaban J connectivity index is 1.54. The molecule has 0 N–H and O–H groups in total. The van der Waals surface area contributed by atoms with E-state index in [-0.39, 0.29) is 24.5 Å². The van der Waals surface area contributed by atoms with Crippen LogP contribution >= 0.6 is 11.6 Å². The largest absolute Gasteiger partial charge is 0.373 e. The molecule has 138 valence electrons. The smallest absolute Gasteiger partial charge is 0.227 e. The second-order valence-corrected chi connectivity index (χ2v) is 7.61. The van der Waals surface area contributed by atoms with Crippen LogP contribution in [0.5, 0.6) is 0 Å². The zero-order chi connectivity index (χ0) is 18.0. The Bertz CT molecular complexity index is 589. The molecule has 0 spiro atoms. The van der Waals surface area contributed by atoms with Gasteiger partial charge in [0.1, 0.15) is 5.82 Å². The summed E-state index contributed by atoms with van der Waals surface area (Å²) in [7, 11) is 0. The van der Waals surface area contributed by atoms with Crippen molar-refractivity contribution in [2.45, 2.75) is 51.4 Å². The van der Waals surface area contributed by atoms with Crippen molar-refractivity contribution in [1.82, 2.24) is 9.80 Å². The number of likely N-dealkylation sites (tertiary alicyclic amines) is 1. The number of hydrogen-bond acceptors (Lipinski definition) is 3. The lowest BCUT2D eigenvalue weighted by atomic mass is 10.0. The molecule has 1 amide bonds. The predicted octanol–water partition coefficient (Wildman–Crippen LogP) is 3.12. The lowest BCUT2D eigenvalue weighted by Gasteiger charge is -2.43. The van der Waals surface area contributed by atoms with Crippen LogP contribution in [0.25, 0.3) is 0 Å². The van der Waals surface area contributed by atoms with Crippen molar-refractivity contribution in [3.63, 3.8) is 0 Å². The minimum Gasteiger partial charge on any atom is -0.373 e. The Morgan fingerprint density at radius 2 is 1.88 bits per heavy atom. The van der Waals surface area contributed by atoms with Crippen LogP contribution in [0.4, 0.5) is 4.39 Å². The maximum atomic E-state index is 13.9. The maximum absolute atomic E-state index is 13.9. The average molecular weight is 369 g/mol. The van der Waals surface area contributed by atoms with Crippen molar-refractivity contribution >= 4 is 17.5 Å². The van der Waals surface area contributed by atoms with Gasteiger partial charge < -0.3 is 9.64 Å². The SMILES string of the molecule is C[C@@H]1CN(C2CCN(C(=O)Cc3c(F)cccc3Cl)CC2)C[C@H](C)O1. The number of carbonyl (C=O) groups excluding carboxylic acids is 1. The first-order valence-electron chi connectivity index (χ1n) is 9.04. The molecule has 3 rings (SSSR count). The van der Waals surface area contributed by atoms with Crippen molar-refractivity contribution in [2.75, 3.05) is 26.2 Å². The second kappa shape index (κ2) is 8.02. The van der Waals surface area contributed by atoms with Crippen LogP contribution in [0.15, 0.2) is 18.2 Å². The van der Waals surface area contributed by atoms with E-state index in [1.807, 2.05) is 4.90 Å². The highest BCUT2D eigenvalue weighted by Gasteiger charge is 2.31. The van der Waals surface area contributed by atoms with E-state index in [1.165, 1.54) is 6.07 Å². The van der Waals surface area contributed by atoms with Gasteiger partial charge in [-0.2, -0.15) is 0 Å². The number of rotatable bonds is 3. The Labute approximate surface area is 153 Å². The van der Waals surface area contributed by atoms with Crippen LogP contribution in [-0.4, -0.2) is 60.1 Å². The number of nitrogens with zero attached hydrogens (tertiary/aromatic N) is 2. The van der Waals surface area contributed by atoms with Crippen LogP contribution in [-0.2, 0) is 16.0 Å². The molecule has 0 unspecified atom stereocenters. The van der Waals surface area contributed by atoms with Crippen LogP contribution in [0.3, 0.4) is 0 Å². The summed E-state index contributed by atoms with van der Waals surface area (Å²) in [6.45, 7) is 7.56. The molecule has 0 saturated carbocycles. The molecule has 2 atom stereocenters. The molecule has 0 aromatic heterocycles. The Morgan fingerprint density at radius 1 is 1.24 bits per heavy atom. The molecular weight excluding hydrogens is 343 g/mol. The van der Waals surface area contributed by atoms with E-state index in [0.29, 0.717) is 16.6 Å². The van der Waals surface area contributed by atoms with Gasteiger partial charge in [0.25, 0.3) is 0 Å². The number of halogens is 2. The van der Waals surface area contributed by atoms with Gasteiger partial charge in [0.05, 0.1) is 18.6 Å². The summed E-state index contributed by atoms with van der Waals surface area (Å²) in [5.74, 6) is -0.457. The van der Waals surface area contributed by atoms with Gasteiger partial charge in [-0.15, -0.1) is 0 Å². The van der Waals surface area contributed by atoms with Crippen molar-refractivity contribution in [3.05, 3.63) is 34.6 Å². The van der Waals surface area contributed by atoms with Crippen LogP contribution in [0.2, 0.25) is 5.02 Å². The molecule has 0 radical (unpaired) electrons. The zero-order valence-electron chi connectivity index (χ0n) is 14.9. The normalized spacial score (nSPS) is 26.0. The number of amides is 1. The van der Waals surface area contributed by atoms with E-state index >= 15 is 0 Å². The van der Waals surface area contributed by atoms with Crippen molar-refractivity contribution < 1.29 is 13.9 Å². The van der Waals surface area contributed by atoms with E-state index in [1.54, 1.807) is 12.1 Å². The molecule has 2 fully saturated rings.